The predicted octanol–water partition coefficient (Wildman–Crippen LogP) is 3.51. The molecule has 0 atom stereocenters. The Bertz CT molecular complexity index is 505. The monoisotopic (exact) mass is 224 g/mol. The number of hydrogen-bond acceptors (Lipinski definition) is 2. The van der Waals surface area contributed by atoms with Crippen LogP contribution in [-0.4, -0.2) is 6.29 Å². The van der Waals surface area contributed by atoms with Crippen LogP contribution < -0.4 is 0 Å². The van der Waals surface area contributed by atoms with Gasteiger partial charge in [-0.3, -0.25) is 4.79 Å². The van der Waals surface area contributed by atoms with E-state index in [0.717, 1.165) is 6.07 Å². The Morgan fingerprint density at radius 1 is 1.20 bits per heavy atom. The molecule has 1 heterocycles. The molecule has 0 spiro atoms. The number of halogens is 2. The van der Waals surface area contributed by atoms with Crippen LogP contribution in [0.2, 0.25) is 0 Å². The Labute approximate surface area is 89.0 Å². The zero-order valence-electron chi connectivity index (χ0n) is 7.54. The highest BCUT2D eigenvalue weighted by Gasteiger charge is 2.13. The van der Waals surface area contributed by atoms with Crippen molar-refractivity contribution in [2.24, 2.45) is 0 Å². The van der Waals surface area contributed by atoms with E-state index in [2.05, 4.69) is 0 Å². The summed E-state index contributed by atoms with van der Waals surface area (Å²) >= 11 is 1.21. The molecule has 0 N–H and O–H groups in total. The first kappa shape index (κ1) is 9.98. The molecule has 0 fully saturated rings. The lowest BCUT2D eigenvalue weighted by Gasteiger charge is -2.01. The van der Waals surface area contributed by atoms with E-state index < -0.39 is 11.6 Å². The Morgan fingerprint density at radius 2 is 2.00 bits per heavy atom. The quantitative estimate of drug-likeness (QED) is 0.713. The zero-order chi connectivity index (χ0) is 10.8. The first-order valence-corrected chi connectivity index (χ1v) is 5.09. The van der Waals surface area contributed by atoms with Crippen LogP contribution in [0.4, 0.5) is 8.78 Å². The number of benzene rings is 1. The van der Waals surface area contributed by atoms with E-state index in [1.165, 1.54) is 23.5 Å². The molecule has 76 valence electrons. The molecule has 0 radical (unpaired) electrons. The summed E-state index contributed by atoms with van der Waals surface area (Å²) in [5.74, 6) is -1.82. The Hall–Kier alpha value is -1.55. The maximum Gasteiger partial charge on any atom is 0.167 e. The summed E-state index contributed by atoms with van der Waals surface area (Å²) in [5, 5.41) is 1.67. The van der Waals surface area contributed by atoms with Gasteiger partial charge in [0.15, 0.2) is 17.9 Å². The van der Waals surface area contributed by atoms with Gasteiger partial charge in [0.25, 0.3) is 0 Å². The maximum atomic E-state index is 13.4. The molecule has 2 aromatic rings. The van der Waals surface area contributed by atoms with Crippen molar-refractivity contribution in [3.8, 4) is 10.4 Å². The second kappa shape index (κ2) is 3.90. The number of hydrogen-bond donors (Lipinski definition) is 0. The molecule has 1 nitrogen and oxygen atoms in total. The molecule has 0 saturated heterocycles. The highest BCUT2D eigenvalue weighted by atomic mass is 32.1. The van der Waals surface area contributed by atoms with E-state index in [0.29, 0.717) is 16.7 Å². The van der Waals surface area contributed by atoms with Crippen molar-refractivity contribution in [1.29, 1.82) is 0 Å². The topological polar surface area (TPSA) is 17.1 Å². The van der Waals surface area contributed by atoms with Gasteiger partial charge in [0.2, 0.25) is 0 Å². The standard InChI is InChI=1S/C11H6F2OS/c12-9-3-1-2-8(10(9)13)11-7(6-14)4-5-15-11/h1-6H. The van der Waals surface area contributed by atoms with Gasteiger partial charge in [0, 0.05) is 16.0 Å². The summed E-state index contributed by atoms with van der Waals surface area (Å²) in [6, 6.07) is 5.50. The average Bonchev–Trinajstić information content (AvgIpc) is 2.70. The molecule has 0 aliphatic carbocycles. The van der Waals surface area contributed by atoms with Gasteiger partial charge >= 0.3 is 0 Å². The first-order chi connectivity index (χ1) is 7.24. The van der Waals surface area contributed by atoms with Gasteiger partial charge in [-0.25, -0.2) is 8.78 Å². The van der Waals surface area contributed by atoms with E-state index in [4.69, 9.17) is 0 Å². The van der Waals surface area contributed by atoms with Gasteiger partial charge < -0.3 is 0 Å². The fourth-order valence-corrected chi connectivity index (χ4v) is 2.20. The van der Waals surface area contributed by atoms with Crippen molar-refractivity contribution < 1.29 is 13.6 Å². The van der Waals surface area contributed by atoms with Crippen LogP contribution in [0, 0.1) is 11.6 Å². The van der Waals surface area contributed by atoms with Crippen molar-refractivity contribution in [2.45, 2.75) is 0 Å². The number of rotatable bonds is 2. The molecular weight excluding hydrogens is 218 g/mol. The lowest BCUT2D eigenvalue weighted by atomic mass is 10.1. The van der Waals surface area contributed by atoms with Gasteiger partial charge in [0.05, 0.1) is 0 Å². The minimum atomic E-state index is -0.914. The lowest BCUT2D eigenvalue weighted by molar-refractivity contribution is 0.112. The summed E-state index contributed by atoms with van der Waals surface area (Å²) in [4.78, 5) is 11.1. The van der Waals surface area contributed by atoms with Crippen molar-refractivity contribution >= 4 is 17.6 Å². The number of aldehydes is 1. The van der Waals surface area contributed by atoms with Crippen LogP contribution >= 0.6 is 11.3 Å². The highest BCUT2D eigenvalue weighted by Crippen LogP contribution is 2.31. The predicted molar refractivity (Wildman–Crippen MR) is 55.1 cm³/mol. The third-order valence-corrected chi connectivity index (χ3v) is 2.98. The molecule has 0 aliphatic heterocycles. The molecule has 1 aromatic carbocycles. The Balaban J connectivity index is 2.64. The summed E-state index contributed by atoms with van der Waals surface area (Å²) < 4.78 is 26.3. The van der Waals surface area contributed by atoms with Gasteiger partial charge in [-0.1, -0.05) is 12.1 Å². The fourth-order valence-electron chi connectivity index (χ4n) is 1.31. The summed E-state index contributed by atoms with van der Waals surface area (Å²) in [7, 11) is 0. The van der Waals surface area contributed by atoms with Crippen LogP contribution in [0.1, 0.15) is 10.4 Å². The molecule has 0 bridgehead atoms. The minimum Gasteiger partial charge on any atom is -0.298 e. The average molecular weight is 224 g/mol. The van der Waals surface area contributed by atoms with Gasteiger partial charge in [0.1, 0.15) is 0 Å². The van der Waals surface area contributed by atoms with Crippen LogP contribution in [0.3, 0.4) is 0 Å². The second-order valence-electron chi connectivity index (χ2n) is 2.92. The largest absolute Gasteiger partial charge is 0.298 e. The molecule has 0 amide bonds. The van der Waals surface area contributed by atoms with E-state index in [1.54, 1.807) is 11.4 Å². The molecule has 15 heavy (non-hydrogen) atoms. The highest BCUT2D eigenvalue weighted by molar-refractivity contribution is 7.14. The van der Waals surface area contributed by atoms with Crippen LogP contribution in [0.25, 0.3) is 10.4 Å². The normalized spacial score (nSPS) is 10.3. The van der Waals surface area contributed by atoms with Crippen molar-refractivity contribution in [3.63, 3.8) is 0 Å². The summed E-state index contributed by atoms with van der Waals surface area (Å²) in [6.45, 7) is 0. The van der Waals surface area contributed by atoms with Crippen molar-refractivity contribution in [1.82, 2.24) is 0 Å². The molecular formula is C11H6F2OS. The van der Waals surface area contributed by atoms with E-state index in [1.807, 2.05) is 0 Å². The maximum absolute atomic E-state index is 13.4. The molecule has 0 aliphatic rings. The van der Waals surface area contributed by atoms with Crippen molar-refractivity contribution in [2.75, 3.05) is 0 Å². The molecule has 4 heteroatoms. The number of carbonyl (C=O) groups is 1. The summed E-state index contributed by atoms with van der Waals surface area (Å²) in [5.41, 5.74) is 0.511. The van der Waals surface area contributed by atoms with Crippen LogP contribution in [0.15, 0.2) is 29.6 Å². The summed E-state index contributed by atoms with van der Waals surface area (Å²) in [6.07, 6.45) is 0.635. The lowest BCUT2D eigenvalue weighted by Crippen LogP contribution is -1.89. The van der Waals surface area contributed by atoms with Gasteiger partial charge in [-0.15, -0.1) is 11.3 Å². The molecule has 2 rings (SSSR count). The van der Waals surface area contributed by atoms with Crippen molar-refractivity contribution in [3.05, 3.63) is 46.8 Å². The number of thiophene rings is 1. The van der Waals surface area contributed by atoms with Gasteiger partial charge in [-0.05, 0) is 17.5 Å². The van der Waals surface area contributed by atoms with E-state index >= 15 is 0 Å². The SMILES string of the molecule is O=Cc1ccsc1-c1cccc(F)c1F. The van der Waals surface area contributed by atoms with Crippen LogP contribution in [0.5, 0.6) is 0 Å². The number of carbonyl (C=O) groups excluding carboxylic acids is 1. The van der Waals surface area contributed by atoms with Gasteiger partial charge in [-0.2, -0.15) is 0 Å². The molecule has 0 saturated carbocycles. The Morgan fingerprint density at radius 3 is 2.73 bits per heavy atom. The zero-order valence-corrected chi connectivity index (χ0v) is 8.35. The van der Waals surface area contributed by atoms with E-state index in [9.17, 15) is 13.6 Å². The third kappa shape index (κ3) is 1.68. The molecule has 0 unspecified atom stereocenters. The minimum absolute atomic E-state index is 0.132. The third-order valence-electron chi connectivity index (χ3n) is 2.02. The van der Waals surface area contributed by atoms with Crippen LogP contribution in [-0.2, 0) is 0 Å². The Kier molecular flexibility index (Phi) is 2.60. The second-order valence-corrected chi connectivity index (χ2v) is 3.84. The smallest absolute Gasteiger partial charge is 0.167 e. The fraction of sp³-hybridized carbons (Fsp3) is 0. The first-order valence-electron chi connectivity index (χ1n) is 4.21. The van der Waals surface area contributed by atoms with E-state index in [-0.39, 0.29) is 5.56 Å². The molecule has 1 aromatic heterocycles.